The fourth-order valence-corrected chi connectivity index (χ4v) is 5.60. The third-order valence-corrected chi connectivity index (χ3v) is 7.42. The second-order valence-corrected chi connectivity index (χ2v) is 9.88. The van der Waals surface area contributed by atoms with Crippen LogP contribution >= 0.6 is 0 Å². The van der Waals surface area contributed by atoms with E-state index in [1.807, 2.05) is 42.5 Å². The van der Waals surface area contributed by atoms with Crippen molar-refractivity contribution in [2.24, 2.45) is 11.7 Å². The number of benzene rings is 2. The highest BCUT2D eigenvalue weighted by Crippen LogP contribution is 2.39. The average Bonchev–Trinajstić information content (AvgIpc) is 3.31. The van der Waals surface area contributed by atoms with Gasteiger partial charge in [-0.15, -0.1) is 0 Å². The van der Waals surface area contributed by atoms with Crippen molar-refractivity contribution < 1.29 is 14.4 Å². The smallest absolute Gasteiger partial charge is 0.251 e. The Labute approximate surface area is 216 Å². The molecule has 2 aliphatic rings. The predicted molar refractivity (Wildman–Crippen MR) is 143 cm³/mol. The third-order valence-electron chi connectivity index (χ3n) is 7.42. The molecule has 1 saturated carbocycles. The van der Waals surface area contributed by atoms with Gasteiger partial charge in [-0.2, -0.15) is 0 Å². The summed E-state index contributed by atoms with van der Waals surface area (Å²) in [6.45, 7) is 2.46. The molecular weight excluding hydrogens is 466 g/mol. The quantitative estimate of drug-likeness (QED) is 0.419. The Hall–Kier alpha value is -4.20. The summed E-state index contributed by atoms with van der Waals surface area (Å²) in [6.07, 6.45) is 5.58. The number of para-hydroxylation sites is 1. The van der Waals surface area contributed by atoms with Gasteiger partial charge in [0.15, 0.2) is 5.78 Å². The van der Waals surface area contributed by atoms with Crippen molar-refractivity contribution in [2.75, 3.05) is 16.8 Å². The van der Waals surface area contributed by atoms with Crippen LogP contribution in [0.1, 0.15) is 63.7 Å². The van der Waals surface area contributed by atoms with E-state index in [9.17, 15) is 14.4 Å². The number of rotatable bonds is 7. The van der Waals surface area contributed by atoms with E-state index in [4.69, 9.17) is 5.73 Å². The second kappa shape index (κ2) is 10.4. The van der Waals surface area contributed by atoms with Crippen molar-refractivity contribution in [1.29, 1.82) is 0 Å². The van der Waals surface area contributed by atoms with E-state index in [2.05, 4.69) is 20.5 Å². The normalized spacial score (nSPS) is 20.7. The van der Waals surface area contributed by atoms with Gasteiger partial charge in [0.2, 0.25) is 0 Å². The van der Waals surface area contributed by atoms with Crippen LogP contribution in [0.5, 0.6) is 0 Å². The summed E-state index contributed by atoms with van der Waals surface area (Å²) in [6, 6.07) is 18.4. The molecule has 0 radical (unpaired) electrons. The molecule has 2 amide bonds. The molecule has 3 unspecified atom stereocenters. The van der Waals surface area contributed by atoms with Crippen molar-refractivity contribution in [3.05, 3.63) is 83.6 Å². The van der Waals surface area contributed by atoms with Gasteiger partial charge in [0.1, 0.15) is 5.82 Å². The molecule has 3 aromatic rings. The molecule has 2 aromatic carbocycles. The van der Waals surface area contributed by atoms with Crippen molar-refractivity contribution in [1.82, 2.24) is 10.3 Å². The van der Waals surface area contributed by atoms with E-state index >= 15 is 0 Å². The lowest BCUT2D eigenvalue weighted by atomic mass is 9.92. The lowest BCUT2D eigenvalue weighted by Crippen LogP contribution is -2.43. The van der Waals surface area contributed by atoms with E-state index in [1.165, 1.54) is 0 Å². The Morgan fingerprint density at radius 2 is 1.78 bits per heavy atom. The Balaban J connectivity index is 1.29. The molecule has 1 aliphatic carbocycles. The molecule has 1 saturated heterocycles. The number of anilines is 3. The molecule has 4 N–H and O–H groups in total. The van der Waals surface area contributed by atoms with Gasteiger partial charge in [-0.3, -0.25) is 14.4 Å². The number of ketones is 1. The van der Waals surface area contributed by atoms with Crippen LogP contribution in [0.3, 0.4) is 0 Å². The highest BCUT2D eigenvalue weighted by atomic mass is 16.2. The van der Waals surface area contributed by atoms with Gasteiger partial charge in [0, 0.05) is 41.6 Å². The zero-order valence-electron chi connectivity index (χ0n) is 20.8. The van der Waals surface area contributed by atoms with E-state index in [0.29, 0.717) is 34.3 Å². The maximum absolute atomic E-state index is 13.2. The third kappa shape index (κ3) is 5.33. The van der Waals surface area contributed by atoms with Crippen molar-refractivity contribution in [3.8, 4) is 0 Å². The highest BCUT2D eigenvalue weighted by Gasteiger charge is 2.41. The minimum Gasteiger partial charge on any atom is -0.366 e. The topological polar surface area (TPSA) is 117 Å². The average molecular weight is 498 g/mol. The number of carbonyl (C=O) groups excluding carboxylic acids is 3. The molecule has 1 aromatic heterocycles. The summed E-state index contributed by atoms with van der Waals surface area (Å²) in [5.41, 5.74) is 8.27. The summed E-state index contributed by atoms with van der Waals surface area (Å²) < 4.78 is 0. The molecule has 2 heterocycles. The molecule has 8 heteroatoms. The molecule has 0 bridgehead atoms. The Morgan fingerprint density at radius 1 is 1.00 bits per heavy atom. The molecule has 0 spiro atoms. The number of amides is 2. The number of carbonyl (C=O) groups is 3. The number of aromatic nitrogens is 1. The number of piperidine rings is 1. The van der Waals surface area contributed by atoms with Crippen LogP contribution in [0.4, 0.5) is 17.2 Å². The van der Waals surface area contributed by atoms with Gasteiger partial charge in [0.25, 0.3) is 11.8 Å². The zero-order valence-corrected chi connectivity index (χ0v) is 20.8. The largest absolute Gasteiger partial charge is 0.366 e. The minimum atomic E-state index is -0.560. The first-order valence-corrected chi connectivity index (χ1v) is 12.7. The lowest BCUT2D eigenvalue weighted by molar-refractivity contribution is 0.0934. The fourth-order valence-electron chi connectivity index (χ4n) is 5.60. The number of pyridine rings is 1. The Bertz CT molecular complexity index is 1310. The van der Waals surface area contributed by atoms with Gasteiger partial charge in [0.05, 0.1) is 11.3 Å². The minimum absolute atomic E-state index is 0.00482. The van der Waals surface area contributed by atoms with Crippen LogP contribution in [0.2, 0.25) is 0 Å². The number of Topliss-reactive ketones (excluding diaryl/α,β-unsaturated/α-hetero) is 1. The van der Waals surface area contributed by atoms with Crippen LogP contribution in [-0.4, -0.2) is 41.2 Å². The Kier molecular flexibility index (Phi) is 6.90. The Morgan fingerprint density at radius 3 is 2.49 bits per heavy atom. The first-order valence-electron chi connectivity index (χ1n) is 12.7. The first-order chi connectivity index (χ1) is 17.9. The van der Waals surface area contributed by atoms with Crippen LogP contribution in [-0.2, 0) is 0 Å². The fraction of sp³-hybridized carbons (Fsp3) is 0.310. The van der Waals surface area contributed by atoms with Crippen molar-refractivity contribution in [3.63, 3.8) is 0 Å². The molecule has 2 fully saturated rings. The van der Waals surface area contributed by atoms with E-state index < -0.39 is 5.91 Å². The standard InChI is InChI=1S/C29H31N5O3/c1-18(35)21-10-12-27(31-17-21)34-13-5-6-19-14-23(16-26(19)34)33-29(37)20-9-11-24(28(30)36)25(15-20)32-22-7-3-2-4-8-22/h2-4,7-12,15,17,19,23,26,32H,5-6,13-14,16H2,1H3,(H2,30,36)(H,33,37). The second-order valence-electron chi connectivity index (χ2n) is 9.88. The number of hydrogen-bond donors (Lipinski definition) is 3. The number of nitrogens with zero attached hydrogens (tertiary/aromatic N) is 2. The zero-order chi connectivity index (χ0) is 25.9. The van der Waals surface area contributed by atoms with Gasteiger partial charge in [-0.1, -0.05) is 18.2 Å². The van der Waals surface area contributed by atoms with Crippen LogP contribution in [0.15, 0.2) is 66.9 Å². The van der Waals surface area contributed by atoms with Gasteiger partial charge in [-0.05, 0) is 81.0 Å². The highest BCUT2D eigenvalue weighted by molar-refractivity contribution is 6.02. The lowest BCUT2D eigenvalue weighted by Gasteiger charge is -2.38. The summed E-state index contributed by atoms with van der Waals surface area (Å²) in [5, 5.41) is 6.42. The van der Waals surface area contributed by atoms with Crippen molar-refractivity contribution >= 4 is 34.8 Å². The predicted octanol–water partition coefficient (Wildman–Crippen LogP) is 4.30. The number of nitrogens with one attached hydrogen (secondary N) is 2. The van der Waals surface area contributed by atoms with Gasteiger partial charge < -0.3 is 21.3 Å². The summed E-state index contributed by atoms with van der Waals surface area (Å²) in [7, 11) is 0. The molecule has 5 rings (SSSR count). The van der Waals surface area contributed by atoms with Crippen LogP contribution < -0.4 is 21.3 Å². The van der Waals surface area contributed by atoms with E-state index in [0.717, 1.165) is 43.7 Å². The molecule has 3 atom stereocenters. The number of primary amides is 1. The maximum Gasteiger partial charge on any atom is 0.251 e. The van der Waals surface area contributed by atoms with Gasteiger partial charge >= 0.3 is 0 Å². The maximum atomic E-state index is 13.2. The molecule has 37 heavy (non-hydrogen) atoms. The number of hydrogen-bond acceptors (Lipinski definition) is 6. The summed E-state index contributed by atoms with van der Waals surface area (Å²) in [5.74, 6) is 0.623. The molecule has 190 valence electrons. The van der Waals surface area contributed by atoms with Crippen LogP contribution in [0, 0.1) is 5.92 Å². The van der Waals surface area contributed by atoms with Crippen molar-refractivity contribution in [2.45, 2.75) is 44.7 Å². The number of nitrogens with two attached hydrogens (primary N) is 1. The summed E-state index contributed by atoms with van der Waals surface area (Å²) in [4.78, 5) is 43.7. The first kappa shape index (κ1) is 24.5. The number of fused-ring (bicyclic) bond motifs is 1. The SMILES string of the molecule is CC(=O)c1ccc(N2CCCC3CC(NC(=O)c4ccc(C(N)=O)c(Nc5ccccc5)c4)CC32)nc1. The molecular formula is C29H31N5O3. The monoisotopic (exact) mass is 497 g/mol. The molecule has 8 nitrogen and oxygen atoms in total. The summed E-state index contributed by atoms with van der Waals surface area (Å²) >= 11 is 0. The van der Waals surface area contributed by atoms with Gasteiger partial charge in [-0.25, -0.2) is 4.98 Å². The van der Waals surface area contributed by atoms with Crippen LogP contribution in [0.25, 0.3) is 0 Å². The van der Waals surface area contributed by atoms with E-state index in [1.54, 1.807) is 31.3 Å². The molecule has 1 aliphatic heterocycles. The van der Waals surface area contributed by atoms with E-state index in [-0.39, 0.29) is 17.7 Å².